The second-order valence-electron chi connectivity index (χ2n) is 4.23. The van der Waals surface area contributed by atoms with Gasteiger partial charge in [0.25, 0.3) is 0 Å². The van der Waals surface area contributed by atoms with Crippen LogP contribution in [0.5, 0.6) is 0 Å². The van der Waals surface area contributed by atoms with Crippen molar-refractivity contribution in [2.75, 3.05) is 6.54 Å². The Bertz CT molecular complexity index is 509. The molecule has 0 aromatic carbocycles. The summed E-state index contributed by atoms with van der Waals surface area (Å²) in [6.07, 6.45) is 6.54. The van der Waals surface area contributed by atoms with Crippen LogP contribution in [0.25, 0.3) is 0 Å². The number of nitrogens with one attached hydrogen (secondary N) is 1. The van der Waals surface area contributed by atoms with Gasteiger partial charge < -0.3 is 5.32 Å². The van der Waals surface area contributed by atoms with Crippen LogP contribution in [0.1, 0.15) is 24.2 Å². The van der Waals surface area contributed by atoms with Crippen molar-refractivity contribution in [3.05, 3.63) is 46.5 Å². The van der Waals surface area contributed by atoms with E-state index in [4.69, 9.17) is 0 Å². The predicted octanol–water partition coefficient (Wildman–Crippen LogP) is 2.47. The van der Waals surface area contributed by atoms with Gasteiger partial charge in [0.1, 0.15) is 0 Å². The van der Waals surface area contributed by atoms with Crippen LogP contribution < -0.4 is 5.32 Å². The predicted molar refractivity (Wildman–Crippen MR) is 75.3 cm³/mol. The topological polar surface area (TPSA) is 42.7 Å². The molecule has 1 unspecified atom stereocenters. The number of aromatic nitrogens is 3. The molecule has 18 heavy (non-hydrogen) atoms. The molecule has 0 fully saturated rings. The highest BCUT2D eigenvalue weighted by Crippen LogP contribution is 2.20. The third kappa shape index (κ3) is 3.40. The Morgan fingerprint density at radius 3 is 2.89 bits per heavy atom. The molecular formula is C13H17BrN4. The Labute approximate surface area is 116 Å². The summed E-state index contributed by atoms with van der Waals surface area (Å²) in [6, 6.07) is 4.40. The summed E-state index contributed by atoms with van der Waals surface area (Å²) in [5, 5.41) is 7.90. The summed E-state index contributed by atoms with van der Waals surface area (Å²) in [5.41, 5.74) is 2.26. The molecule has 4 nitrogen and oxygen atoms in total. The normalized spacial score (nSPS) is 12.6. The maximum atomic E-state index is 4.43. The van der Waals surface area contributed by atoms with E-state index in [1.54, 1.807) is 6.20 Å². The average Bonchev–Trinajstić information content (AvgIpc) is 2.74. The zero-order valence-corrected chi connectivity index (χ0v) is 12.2. The lowest BCUT2D eigenvalue weighted by Gasteiger charge is -2.17. The van der Waals surface area contributed by atoms with Crippen LogP contribution in [0.2, 0.25) is 0 Å². The summed E-state index contributed by atoms with van der Waals surface area (Å²) < 4.78 is 2.83. The monoisotopic (exact) mass is 308 g/mol. The van der Waals surface area contributed by atoms with E-state index in [0.717, 1.165) is 23.1 Å². The lowest BCUT2D eigenvalue weighted by atomic mass is 10.0. The van der Waals surface area contributed by atoms with E-state index in [0.29, 0.717) is 0 Å². The van der Waals surface area contributed by atoms with Gasteiger partial charge in [-0.3, -0.25) is 9.67 Å². The number of nitrogens with zero attached hydrogens (tertiary/aromatic N) is 3. The average molecular weight is 309 g/mol. The van der Waals surface area contributed by atoms with Gasteiger partial charge in [-0.1, -0.05) is 6.92 Å². The fourth-order valence-electron chi connectivity index (χ4n) is 1.95. The van der Waals surface area contributed by atoms with Crippen LogP contribution >= 0.6 is 15.9 Å². The van der Waals surface area contributed by atoms with Gasteiger partial charge in [-0.25, -0.2) is 0 Å². The lowest BCUT2D eigenvalue weighted by Crippen LogP contribution is -2.23. The smallest absolute Gasteiger partial charge is 0.0643 e. The number of halogens is 1. The third-order valence-electron chi connectivity index (χ3n) is 2.76. The second kappa shape index (κ2) is 6.11. The Kier molecular flexibility index (Phi) is 4.49. The molecule has 2 aromatic heterocycles. The van der Waals surface area contributed by atoms with E-state index in [2.05, 4.69) is 50.4 Å². The summed E-state index contributed by atoms with van der Waals surface area (Å²) in [4.78, 5) is 4.22. The fourth-order valence-corrected chi connectivity index (χ4v) is 2.34. The fraction of sp³-hybridized carbons (Fsp3) is 0.385. The molecule has 0 aliphatic carbocycles. The number of hydrogen-bond donors (Lipinski definition) is 1. The highest BCUT2D eigenvalue weighted by molar-refractivity contribution is 9.10. The third-order valence-corrected chi connectivity index (χ3v) is 3.19. The van der Waals surface area contributed by atoms with Gasteiger partial charge in [0.15, 0.2) is 0 Å². The Morgan fingerprint density at radius 2 is 2.28 bits per heavy atom. The molecule has 2 rings (SSSR count). The van der Waals surface area contributed by atoms with Gasteiger partial charge in [0, 0.05) is 42.6 Å². The van der Waals surface area contributed by atoms with Crippen LogP contribution in [0.4, 0.5) is 0 Å². The van der Waals surface area contributed by atoms with Crippen LogP contribution in [0.15, 0.2) is 35.2 Å². The molecule has 0 saturated carbocycles. The van der Waals surface area contributed by atoms with Crippen molar-refractivity contribution in [3.63, 3.8) is 0 Å². The summed E-state index contributed by atoms with van der Waals surface area (Å²) in [5.74, 6) is 0. The number of hydrogen-bond acceptors (Lipinski definition) is 3. The minimum atomic E-state index is 0.245. The first kappa shape index (κ1) is 13.2. The SMILES string of the molecule is CCNC(Cc1ccn(C)n1)c1cncc(Br)c1. The second-order valence-corrected chi connectivity index (χ2v) is 5.15. The number of likely N-dealkylation sites (N-methyl/N-ethyl adjacent to an activating group) is 1. The van der Waals surface area contributed by atoms with E-state index in [1.165, 1.54) is 5.56 Å². The highest BCUT2D eigenvalue weighted by atomic mass is 79.9. The molecule has 96 valence electrons. The zero-order chi connectivity index (χ0) is 13.0. The molecule has 0 aliphatic rings. The Morgan fingerprint density at radius 1 is 1.44 bits per heavy atom. The molecule has 1 N–H and O–H groups in total. The first-order valence-corrected chi connectivity index (χ1v) is 6.80. The molecule has 5 heteroatoms. The maximum absolute atomic E-state index is 4.43. The van der Waals surface area contributed by atoms with Gasteiger partial charge in [-0.15, -0.1) is 0 Å². The molecule has 0 bridgehead atoms. The highest BCUT2D eigenvalue weighted by Gasteiger charge is 2.13. The van der Waals surface area contributed by atoms with E-state index >= 15 is 0 Å². The van der Waals surface area contributed by atoms with Gasteiger partial charge in [-0.2, -0.15) is 5.10 Å². The molecule has 0 amide bonds. The van der Waals surface area contributed by atoms with E-state index in [-0.39, 0.29) is 6.04 Å². The van der Waals surface area contributed by atoms with Crippen molar-refractivity contribution < 1.29 is 0 Å². The number of pyridine rings is 1. The van der Waals surface area contributed by atoms with Crippen molar-refractivity contribution in [1.29, 1.82) is 0 Å². The first-order chi connectivity index (χ1) is 8.69. The van der Waals surface area contributed by atoms with Crippen molar-refractivity contribution >= 4 is 15.9 Å². The van der Waals surface area contributed by atoms with Crippen LogP contribution in [-0.4, -0.2) is 21.3 Å². The minimum Gasteiger partial charge on any atom is -0.310 e. The maximum Gasteiger partial charge on any atom is 0.0643 e. The number of rotatable bonds is 5. The molecule has 0 aliphatic heterocycles. The van der Waals surface area contributed by atoms with Crippen LogP contribution in [-0.2, 0) is 13.5 Å². The standard InChI is InChI=1S/C13H17BrN4/c1-3-16-13(7-12-4-5-18(2)17-12)10-6-11(14)9-15-8-10/h4-6,8-9,13,16H,3,7H2,1-2H3. The molecular weight excluding hydrogens is 292 g/mol. The van der Waals surface area contributed by atoms with Gasteiger partial charge >= 0.3 is 0 Å². The molecule has 0 spiro atoms. The van der Waals surface area contributed by atoms with Gasteiger partial charge in [-0.05, 0) is 40.2 Å². The van der Waals surface area contributed by atoms with Crippen LogP contribution in [0.3, 0.4) is 0 Å². The van der Waals surface area contributed by atoms with E-state index in [9.17, 15) is 0 Å². The van der Waals surface area contributed by atoms with Crippen molar-refractivity contribution in [1.82, 2.24) is 20.1 Å². The molecule has 0 saturated heterocycles. The summed E-state index contributed by atoms with van der Waals surface area (Å²) in [7, 11) is 1.94. The summed E-state index contributed by atoms with van der Waals surface area (Å²) in [6.45, 7) is 3.03. The zero-order valence-electron chi connectivity index (χ0n) is 10.6. The van der Waals surface area contributed by atoms with Gasteiger partial charge in [0.05, 0.1) is 5.69 Å². The van der Waals surface area contributed by atoms with E-state index in [1.807, 2.05) is 24.1 Å². The van der Waals surface area contributed by atoms with Crippen molar-refractivity contribution in [2.45, 2.75) is 19.4 Å². The Hall–Kier alpha value is -1.20. The quantitative estimate of drug-likeness (QED) is 0.922. The first-order valence-electron chi connectivity index (χ1n) is 6.01. The lowest BCUT2D eigenvalue weighted by molar-refractivity contribution is 0.538. The molecule has 1 atom stereocenters. The number of aryl methyl sites for hydroxylation is 1. The molecule has 2 heterocycles. The van der Waals surface area contributed by atoms with Gasteiger partial charge in [0.2, 0.25) is 0 Å². The minimum absolute atomic E-state index is 0.245. The van der Waals surface area contributed by atoms with E-state index < -0.39 is 0 Å². The van der Waals surface area contributed by atoms with Crippen molar-refractivity contribution in [3.8, 4) is 0 Å². The Balaban J connectivity index is 2.17. The van der Waals surface area contributed by atoms with Crippen molar-refractivity contribution in [2.24, 2.45) is 7.05 Å². The largest absolute Gasteiger partial charge is 0.310 e. The molecule has 0 radical (unpaired) electrons. The summed E-state index contributed by atoms with van der Waals surface area (Å²) >= 11 is 3.46. The van der Waals surface area contributed by atoms with Crippen LogP contribution in [0, 0.1) is 0 Å². The molecule has 2 aromatic rings.